The molecule has 0 aliphatic carbocycles. The van der Waals surface area contributed by atoms with E-state index in [1.807, 2.05) is 23.1 Å². The number of nitrogens with zero attached hydrogens (tertiary/aromatic N) is 2. The highest BCUT2D eigenvalue weighted by Gasteiger charge is 2.28. The maximum absolute atomic E-state index is 12.6. The van der Waals surface area contributed by atoms with Gasteiger partial charge in [-0.25, -0.2) is 0 Å². The summed E-state index contributed by atoms with van der Waals surface area (Å²) in [4.78, 5) is 14.4. The van der Waals surface area contributed by atoms with Crippen molar-refractivity contribution >= 4 is 5.91 Å². The molecular formula is C18H23N3O3. The number of piperidine rings is 1. The largest absolute Gasteiger partial charge is 0.481 e. The second-order valence-electron chi connectivity index (χ2n) is 6.18. The van der Waals surface area contributed by atoms with Crippen LogP contribution in [0.1, 0.15) is 36.9 Å². The van der Waals surface area contributed by atoms with Gasteiger partial charge in [-0.3, -0.25) is 9.89 Å². The van der Waals surface area contributed by atoms with Crippen molar-refractivity contribution in [2.24, 2.45) is 0 Å². The number of hydrogen-bond donors (Lipinski definition) is 2. The zero-order chi connectivity index (χ0) is 16.9. The van der Waals surface area contributed by atoms with Crippen LogP contribution in [0.2, 0.25) is 0 Å². The number of benzene rings is 1. The molecule has 1 fully saturated rings. The number of H-pyrrole nitrogens is 1. The van der Waals surface area contributed by atoms with E-state index in [0.29, 0.717) is 11.7 Å². The normalized spacial score (nSPS) is 16.8. The number of rotatable bonds is 5. The van der Waals surface area contributed by atoms with E-state index in [-0.39, 0.29) is 12.5 Å². The molecule has 1 aromatic heterocycles. The molecule has 3 rings (SSSR count). The van der Waals surface area contributed by atoms with Crippen LogP contribution in [0, 0.1) is 0 Å². The number of likely N-dealkylation sites (tertiary alicyclic amines) is 1. The number of aromatic nitrogens is 2. The summed E-state index contributed by atoms with van der Waals surface area (Å²) in [5, 5.41) is 16.2. The number of carbonyl (C=O) groups is 1. The van der Waals surface area contributed by atoms with Gasteiger partial charge in [-0.05, 0) is 43.5 Å². The second kappa shape index (κ2) is 7.49. The third kappa shape index (κ3) is 3.76. The minimum absolute atomic E-state index is 0.00691. The van der Waals surface area contributed by atoms with E-state index >= 15 is 0 Å². The molecule has 1 atom stereocenters. The standard InChI is InChI=1S/C18H23N3O3/c1-13(24-16-4-2-3-14(11-16)12-22)18(23)21-9-6-15(7-10-21)17-5-8-19-20-17/h2-5,8,11,13,15,22H,6-7,9-10,12H2,1H3,(H,19,20). The fraction of sp³-hybridized carbons (Fsp3) is 0.444. The van der Waals surface area contributed by atoms with E-state index in [1.165, 1.54) is 0 Å². The molecule has 0 saturated carbocycles. The zero-order valence-corrected chi connectivity index (χ0v) is 13.8. The average molecular weight is 329 g/mol. The summed E-state index contributed by atoms with van der Waals surface area (Å²) in [6.45, 7) is 3.19. The number of hydrogen-bond acceptors (Lipinski definition) is 4. The minimum Gasteiger partial charge on any atom is -0.481 e. The lowest BCUT2D eigenvalue weighted by molar-refractivity contribution is -0.139. The highest BCUT2D eigenvalue weighted by Crippen LogP contribution is 2.27. The first-order valence-electron chi connectivity index (χ1n) is 8.32. The first-order chi connectivity index (χ1) is 11.7. The third-order valence-corrected chi connectivity index (χ3v) is 4.51. The van der Waals surface area contributed by atoms with Gasteiger partial charge in [-0.1, -0.05) is 12.1 Å². The fourth-order valence-corrected chi connectivity index (χ4v) is 3.13. The molecule has 1 amide bonds. The number of carbonyl (C=O) groups excluding carboxylic acids is 1. The van der Waals surface area contributed by atoms with Crippen molar-refractivity contribution in [2.45, 2.75) is 38.4 Å². The minimum atomic E-state index is -0.539. The second-order valence-corrected chi connectivity index (χ2v) is 6.18. The average Bonchev–Trinajstić information content (AvgIpc) is 3.16. The lowest BCUT2D eigenvalue weighted by Gasteiger charge is -2.33. The van der Waals surface area contributed by atoms with Crippen molar-refractivity contribution in [3.63, 3.8) is 0 Å². The van der Waals surface area contributed by atoms with E-state index in [4.69, 9.17) is 4.74 Å². The Morgan fingerprint density at radius 1 is 1.42 bits per heavy atom. The van der Waals surface area contributed by atoms with Crippen LogP contribution >= 0.6 is 0 Å². The van der Waals surface area contributed by atoms with Crippen molar-refractivity contribution in [2.75, 3.05) is 13.1 Å². The molecule has 0 spiro atoms. The first-order valence-corrected chi connectivity index (χ1v) is 8.32. The SMILES string of the molecule is CC(Oc1cccc(CO)c1)C(=O)N1CCC(c2ccn[nH]2)CC1. The maximum Gasteiger partial charge on any atom is 0.263 e. The van der Waals surface area contributed by atoms with Gasteiger partial charge in [0.25, 0.3) is 5.91 Å². The Morgan fingerprint density at radius 2 is 2.21 bits per heavy atom. The van der Waals surface area contributed by atoms with Crippen LogP contribution in [0.25, 0.3) is 0 Å². The highest BCUT2D eigenvalue weighted by molar-refractivity contribution is 5.81. The molecule has 0 radical (unpaired) electrons. The summed E-state index contributed by atoms with van der Waals surface area (Å²) in [5.41, 5.74) is 1.92. The predicted octanol–water partition coefficient (Wildman–Crippen LogP) is 2.08. The van der Waals surface area contributed by atoms with Gasteiger partial charge in [0, 0.05) is 30.9 Å². The maximum atomic E-state index is 12.6. The molecule has 1 aliphatic heterocycles. The summed E-state index contributed by atoms with van der Waals surface area (Å²) >= 11 is 0. The molecule has 2 N–H and O–H groups in total. The van der Waals surface area contributed by atoms with E-state index < -0.39 is 6.10 Å². The van der Waals surface area contributed by atoms with Crippen LogP contribution in [0.15, 0.2) is 36.5 Å². The molecule has 2 aromatic rings. The highest BCUT2D eigenvalue weighted by atomic mass is 16.5. The van der Waals surface area contributed by atoms with Crippen LogP contribution in [0.4, 0.5) is 0 Å². The smallest absolute Gasteiger partial charge is 0.263 e. The molecule has 1 unspecified atom stereocenters. The molecule has 1 saturated heterocycles. The first kappa shape index (κ1) is 16.5. The third-order valence-electron chi connectivity index (χ3n) is 4.51. The Morgan fingerprint density at radius 3 is 2.88 bits per heavy atom. The number of nitrogens with one attached hydrogen (secondary N) is 1. The van der Waals surface area contributed by atoms with Crippen molar-refractivity contribution in [3.05, 3.63) is 47.8 Å². The molecular weight excluding hydrogens is 306 g/mol. The Labute approximate surface area is 141 Å². The van der Waals surface area contributed by atoms with Crippen LogP contribution in [0.5, 0.6) is 5.75 Å². The number of aromatic amines is 1. The Hall–Kier alpha value is -2.34. The zero-order valence-electron chi connectivity index (χ0n) is 13.8. The van der Waals surface area contributed by atoms with Crippen LogP contribution in [-0.2, 0) is 11.4 Å². The molecule has 1 aromatic carbocycles. The summed E-state index contributed by atoms with van der Waals surface area (Å²) in [6, 6.07) is 9.19. The Bertz CT molecular complexity index is 664. The molecule has 128 valence electrons. The van der Waals surface area contributed by atoms with Gasteiger partial charge in [0.2, 0.25) is 0 Å². The Balaban J connectivity index is 1.54. The Kier molecular flexibility index (Phi) is 5.15. The van der Waals surface area contributed by atoms with Gasteiger partial charge in [0.05, 0.1) is 6.61 Å². The predicted molar refractivity (Wildman–Crippen MR) is 89.6 cm³/mol. The van der Waals surface area contributed by atoms with Crippen LogP contribution in [-0.4, -0.2) is 45.3 Å². The number of amides is 1. The van der Waals surface area contributed by atoms with Gasteiger partial charge < -0.3 is 14.7 Å². The van der Waals surface area contributed by atoms with Gasteiger partial charge in [0.1, 0.15) is 5.75 Å². The van der Waals surface area contributed by atoms with Crippen molar-refractivity contribution in [1.82, 2.24) is 15.1 Å². The molecule has 24 heavy (non-hydrogen) atoms. The summed E-state index contributed by atoms with van der Waals surface area (Å²) in [7, 11) is 0. The van der Waals surface area contributed by atoms with E-state index in [0.717, 1.165) is 37.2 Å². The van der Waals surface area contributed by atoms with E-state index in [9.17, 15) is 9.90 Å². The molecule has 1 aliphatic rings. The molecule has 2 heterocycles. The van der Waals surface area contributed by atoms with E-state index in [1.54, 1.807) is 25.3 Å². The van der Waals surface area contributed by atoms with Gasteiger partial charge >= 0.3 is 0 Å². The van der Waals surface area contributed by atoms with Gasteiger partial charge in [0.15, 0.2) is 6.10 Å². The number of aliphatic hydroxyl groups is 1. The van der Waals surface area contributed by atoms with Crippen molar-refractivity contribution in [3.8, 4) is 5.75 Å². The van der Waals surface area contributed by atoms with Gasteiger partial charge in [-0.15, -0.1) is 0 Å². The monoisotopic (exact) mass is 329 g/mol. The van der Waals surface area contributed by atoms with E-state index in [2.05, 4.69) is 10.2 Å². The van der Waals surface area contributed by atoms with Gasteiger partial charge in [-0.2, -0.15) is 5.10 Å². The molecule has 6 heteroatoms. The number of ether oxygens (including phenoxy) is 1. The van der Waals surface area contributed by atoms with Crippen LogP contribution in [0.3, 0.4) is 0 Å². The molecule has 6 nitrogen and oxygen atoms in total. The topological polar surface area (TPSA) is 78.5 Å². The van der Waals surface area contributed by atoms with Crippen molar-refractivity contribution in [1.29, 1.82) is 0 Å². The molecule has 0 bridgehead atoms. The fourth-order valence-electron chi connectivity index (χ4n) is 3.13. The summed E-state index contributed by atoms with van der Waals surface area (Å²) in [6.07, 6.45) is 3.09. The lowest BCUT2D eigenvalue weighted by atomic mass is 9.93. The lowest BCUT2D eigenvalue weighted by Crippen LogP contribution is -2.44. The quantitative estimate of drug-likeness (QED) is 0.880. The number of aliphatic hydroxyl groups excluding tert-OH is 1. The van der Waals surface area contributed by atoms with Crippen LogP contribution < -0.4 is 4.74 Å². The summed E-state index contributed by atoms with van der Waals surface area (Å²) < 4.78 is 5.75. The van der Waals surface area contributed by atoms with Crippen molar-refractivity contribution < 1.29 is 14.6 Å². The summed E-state index contributed by atoms with van der Waals surface area (Å²) in [5.74, 6) is 1.05.